The first-order chi connectivity index (χ1) is 8.26. The van der Waals surface area contributed by atoms with Gasteiger partial charge in [0, 0.05) is 39.4 Å². The number of aryl methyl sites for hydroxylation is 1. The summed E-state index contributed by atoms with van der Waals surface area (Å²) in [4.78, 5) is 0. The van der Waals surface area contributed by atoms with Crippen LogP contribution in [0.1, 0.15) is 31.9 Å². The number of aromatic nitrogens is 3. The molecule has 0 saturated heterocycles. The van der Waals surface area contributed by atoms with E-state index in [2.05, 4.69) is 22.6 Å². The van der Waals surface area contributed by atoms with Crippen molar-refractivity contribution in [2.24, 2.45) is 7.05 Å². The van der Waals surface area contributed by atoms with Crippen LogP contribution in [-0.4, -0.2) is 41.3 Å². The maximum Gasteiger partial charge on any atom is 0.0842 e. The van der Waals surface area contributed by atoms with Crippen molar-refractivity contribution in [1.82, 2.24) is 20.3 Å². The van der Waals surface area contributed by atoms with E-state index >= 15 is 0 Å². The zero-order chi connectivity index (χ0) is 12.5. The molecule has 5 heteroatoms. The Morgan fingerprint density at radius 2 is 2.35 bits per heavy atom. The van der Waals surface area contributed by atoms with Gasteiger partial charge in [0.25, 0.3) is 0 Å². The first kappa shape index (κ1) is 14.1. The highest BCUT2D eigenvalue weighted by atomic mass is 16.5. The molecule has 1 N–H and O–H groups in total. The van der Waals surface area contributed by atoms with E-state index < -0.39 is 0 Å². The van der Waals surface area contributed by atoms with Gasteiger partial charge in [-0.3, -0.25) is 4.68 Å². The van der Waals surface area contributed by atoms with E-state index in [0.717, 1.165) is 44.5 Å². The molecule has 0 spiro atoms. The summed E-state index contributed by atoms with van der Waals surface area (Å²) in [6.07, 6.45) is 6.28. The Morgan fingerprint density at radius 1 is 1.53 bits per heavy atom. The smallest absolute Gasteiger partial charge is 0.0842 e. The Balaban J connectivity index is 2.38. The quantitative estimate of drug-likeness (QED) is 0.658. The van der Waals surface area contributed by atoms with Crippen LogP contribution in [0.3, 0.4) is 0 Å². The molecule has 0 aliphatic carbocycles. The standard InChI is InChI=1S/C12H24N4O/c1-4-7-13-11(6-5-8-17-3)9-12-10-16(2)15-14-12/h10-11,13H,4-9H2,1-3H3. The summed E-state index contributed by atoms with van der Waals surface area (Å²) in [6, 6.07) is 0.474. The largest absolute Gasteiger partial charge is 0.385 e. The van der Waals surface area contributed by atoms with Gasteiger partial charge in [-0.15, -0.1) is 5.10 Å². The van der Waals surface area contributed by atoms with Crippen molar-refractivity contribution >= 4 is 0 Å². The predicted octanol–water partition coefficient (Wildman–Crippen LogP) is 1.15. The van der Waals surface area contributed by atoms with Crippen LogP contribution in [0.5, 0.6) is 0 Å². The highest BCUT2D eigenvalue weighted by molar-refractivity contribution is 4.95. The Hall–Kier alpha value is -0.940. The van der Waals surface area contributed by atoms with Crippen LogP contribution in [0.4, 0.5) is 0 Å². The monoisotopic (exact) mass is 240 g/mol. The Labute approximate surface area is 104 Å². The molecule has 0 aromatic carbocycles. The minimum Gasteiger partial charge on any atom is -0.385 e. The van der Waals surface area contributed by atoms with Gasteiger partial charge in [0.15, 0.2) is 0 Å². The molecule has 17 heavy (non-hydrogen) atoms. The zero-order valence-corrected chi connectivity index (χ0v) is 11.1. The molecule has 0 saturated carbocycles. The molecule has 1 aromatic rings. The molecular weight excluding hydrogens is 216 g/mol. The van der Waals surface area contributed by atoms with Crippen LogP contribution in [-0.2, 0) is 18.2 Å². The molecule has 1 atom stereocenters. The number of nitrogens with one attached hydrogen (secondary N) is 1. The Morgan fingerprint density at radius 3 is 2.94 bits per heavy atom. The third-order valence-electron chi connectivity index (χ3n) is 2.69. The molecular formula is C12H24N4O. The van der Waals surface area contributed by atoms with E-state index in [4.69, 9.17) is 4.74 Å². The number of methoxy groups -OCH3 is 1. The fourth-order valence-corrected chi connectivity index (χ4v) is 1.84. The van der Waals surface area contributed by atoms with Crippen LogP contribution >= 0.6 is 0 Å². The van der Waals surface area contributed by atoms with Gasteiger partial charge < -0.3 is 10.1 Å². The minimum absolute atomic E-state index is 0.474. The molecule has 1 rings (SSSR count). The van der Waals surface area contributed by atoms with E-state index in [1.165, 1.54) is 0 Å². The second-order valence-corrected chi connectivity index (χ2v) is 4.37. The van der Waals surface area contributed by atoms with Crippen LogP contribution < -0.4 is 5.32 Å². The van der Waals surface area contributed by atoms with Crippen molar-refractivity contribution in [3.8, 4) is 0 Å². The second-order valence-electron chi connectivity index (χ2n) is 4.37. The first-order valence-corrected chi connectivity index (χ1v) is 6.33. The lowest BCUT2D eigenvalue weighted by Crippen LogP contribution is -2.32. The predicted molar refractivity (Wildman–Crippen MR) is 67.9 cm³/mol. The van der Waals surface area contributed by atoms with Crippen LogP contribution in [0.2, 0.25) is 0 Å². The molecule has 0 fully saturated rings. The van der Waals surface area contributed by atoms with Crippen LogP contribution in [0, 0.1) is 0 Å². The SMILES string of the molecule is CCCNC(CCCOC)Cc1cn(C)nn1. The number of ether oxygens (including phenoxy) is 1. The number of rotatable bonds is 9. The average molecular weight is 240 g/mol. The van der Waals surface area contributed by atoms with Gasteiger partial charge >= 0.3 is 0 Å². The van der Waals surface area contributed by atoms with E-state index in [9.17, 15) is 0 Å². The van der Waals surface area contributed by atoms with Crippen LogP contribution in [0.25, 0.3) is 0 Å². The molecule has 0 aliphatic rings. The number of hydrogen-bond acceptors (Lipinski definition) is 4. The number of nitrogens with zero attached hydrogens (tertiary/aromatic N) is 3. The summed E-state index contributed by atoms with van der Waals surface area (Å²) in [5.74, 6) is 0. The summed E-state index contributed by atoms with van der Waals surface area (Å²) < 4.78 is 6.84. The van der Waals surface area contributed by atoms with Crippen molar-refractivity contribution in [3.05, 3.63) is 11.9 Å². The van der Waals surface area contributed by atoms with Gasteiger partial charge in [-0.05, 0) is 25.8 Å². The second kappa shape index (κ2) is 8.20. The van der Waals surface area contributed by atoms with Crippen molar-refractivity contribution in [2.45, 2.75) is 38.6 Å². The first-order valence-electron chi connectivity index (χ1n) is 6.33. The third kappa shape index (κ3) is 5.79. The van der Waals surface area contributed by atoms with E-state index in [-0.39, 0.29) is 0 Å². The molecule has 98 valence electrons. The lowest BCUT2D eigenvalue weighted by Gasteiger charge is -2.16. The molecule has 0 aliphatic heterocycles. The van der Waals surface area contributed by atoms with Gasteiger partial charge in [0.1, 0.15) is 0 Å². The fraction of sp³-hybridized carbons (Fsp3) is 0.833. The van der Waals surface area contributed by atoms with Gasteiger partial charge in [0.05, 0.1) is 5.69 Å². The summed E-state index contributed by atoms with van der Waals surface area (Å²) in [5, 5.41) is 11.6. The molecule has 0 radical (unpaired) electrons. The van der Waals surface area contributed by atoms with Gasteiger partial charge in [-0.1, -0.05) is 12.1 Å². The van der Waals surface area contributed by atoms with Crippen molar-refractivity contribution in [2.75, 3.05) is 20.3 Å². The molecule has 1 unspecified atom stereocenters. The third-order valence-corrected chi connectivity index (χ3v) is 2.69. The summed E-state index contributed by atoms with van der Waals surface area (Å²) in [6.45, 7) is 4.06. The van der Waals surface area contributed by atoms with Crippen molar-refractivity contribution in [1.29, 1.82) is 0 Å². The molecule has 0 amide bonds. The highest BCUT2D eigenvalue weighted by Gasteiger charge is 2.10. The zero-order valence-electron chi connectivity index (χ0n) is 11.1. The average Bonchev–Trinajstić information content (AvgIpc) is 2.72. The molecule has 5 nitrogen and oxygen atoms in total. The van der Waals surface area contributed by atoms with E-state index in [1.54, 1.807) is 11.8 Å². The summed E-state index contributed by atoms with van der Waals surface area (Å²) >= 11 is 0. The normalized spacial score (nSPS) is 12.9. The maximum absolute atomic E-state index is 5.09. The van der Waals surface area contributed by atoms with Gasteiger partial charge in [-0.25, -0.2) is 0 Å². The lowest BCUT2D eigenvalue weighted by molar-refractivity contribution is 0.188. The van der Waals surface area contributed by atoms with Gasteiger partial charge in [-0.2, -0.15) is 0 Å². The van der Waals surface area contributed by atoms with Crippen molar-refractivity contribution in [3.63, 3.8) is 0 Å². The van der Waals surface area contributed by atoms with E-state index in [1.807, 2.05) is 13.2 Å². The highest BCUT2D eigenvalue weighted by Crippen LogP contribution is 2.05. The number of hydrogen-bond donors (Lipinski definition) is 1. The summed E-state index contributed by atoms with van der Waals surface area (Å²) in [5.41, 5.74) is 1.05. The lowest BCUT2D eigenvalue weighted by atomic mass is 10.1. The topological polar surface area (TPSA) is 52.0 Å². The van der Waals surface area contributed by atoms with Gasteiger partial charge in [0.2, 0.25) is 0 Å². The summed E-state index contributed by atoms with van der Waals surface area (Å²) in [7, 11) is 3.65. The van der Waals surface area contributed by atoms with Crippen molar-refractivity contribution < 1.29 is 4.74 Å². The molecule has 1 heterocycles. The minimum atomic E-state index is 0.474. The van der Waals surface area contributed by atoms with Crippen LogP contribution in [0.15, 0.2) is 6.20 Å². The Kier molecular flexibility index (Phi) is 6.81. The van der Waals surface area contributed by atoms with E-state index in [0.29, 0.717) is 6.04 Å². The maximum atomic E-state index is 5.09. The Bertz CT molecular complexity index is 300. The molecule has 1 aromatic heterocycles. The molecule has 0 bridgehead atoms. The fourth-order valence-electron chi connectivity index (χ4n) is 1.84.